The van der Waals surface area contributed by atoms with Gasteiger partial charge < -0.3 is 10.1 Å². The number of carbonyl (C=O) groups is 1. The van der Waals surface area contributed by atoms with Crippen LogP contribution in [0.5, 0.6) is 5.75 Å². The molecule has 3 aromatic rings. The third kappa shape index (κ3) is 4.01. The van der Waals surface area contributed by atoms with Crippen molar-refractivity contribution in [2.24, 2.45) is 0 Å². The molecule has 3 aromatic carbocycles. The van der Waals surface area contributed by atoms with Gasteiger partial charge in [-0.05, 0) is 48.7 Å². The standard InChI is InChI=1S/C22H20N2O4S2/c1-29-17-9-7-8-16(14-17)23-22(25)21-15-24(19-12-5-6-13-20(19)28-21)30(26,27)18-10-3-2-4-11-18/h2-14,21H,15H2,1H3,(H,23,25)/t21-/m0/s1. The molecular weight excluding hydrogens is 420 g/mol. The zero-order chi connectivity index (χ0) is 21.1. The van der Waals surface area contributed by atoms with Crippen LogP contribution in [0.4, 0.5) is 11.4 Å². The van der Waals surface area contributed by atoms with Gasteiger partial charge in [0.15, 0.2) is 6.10 Å². The molecule has 0 saturated carbocycles. The molecule has 1 atom stereocenters. The first kappa shape index (κ1) is 20.3. The molecule has 0 unspecified atom stereocenters. The highest BCUT2D eigenvalue weighted by Gasteiger charge is 2.37. The fourth-order valence-electron chi connectivity index (χ4n) is 3.21. The van der Waals surface area contributed by atoms with E-state index in [2.05, 4.69) is 5.32 Å². The predicted molar refractivity (Wildman–Crippen MR) is 119 cm³/mol. The molecular formula is C22H20N2O4S2. The van der Waals surface area contributed by atoms with E-state index in [9.17, 15) is 13.2 Å². The number of rotatable bonds is 5. The minimum absolute atomic E-state index is 0.123. The lowest BCUT2D eigenvalue weighted by molar-refractivity contribution is -0.122. The first-order chi connectivity index (χ1) is 14.5. The number of sulfonamides is 1. The van der Waals surface area contributed by atoms with Crippen molar-refractivity contribution in [2.45, 2.75) is 15.9 Å². The molecule has 0 spiro atoms. The summed E-state index contributed by atoms with van der Waals surface area (Å²) in [6.45, 7) is -0.123. The third-order valence-electron chi connectivity index (χ3n) is 4.70. The first-order valence-corrected chi connectivity index (χ1v) is 11.9. The highest BCUT2D eigenvalue weighted by molar-refractivity contribution is 7.98. The number of benzene rings is 3. The number of hydrogen-bond acceptors (Lipinski definition) is 5. The Balaban J connectivity index is 1.65. The van der Waals surface area contributed by atoms with Gasteiger partial charge in [-0.2, -0.15) is 0 Å². The molecule has 30 heavy (non-hydrogen) atoms. The van der Waals surface area contributed by atoms with Crippen molar-refractivity contribution in [1.82, 2.24) is 0 Å². The molecule has 8 heteroatoms. The van der Waals surface area contributed by atoms with E-state index in [-0.39, 0.29) is 11.4 Å². The van der Waals surface area contributed by atoms with Gasteiger partial charge in [0.05, 0.1) is 17.1 Å². The maximum atomic E-state index is 13.3. The number of nitrogens with one attached hydrogen (secondary N) is 1. The van der Waals surface area contributed by atoms with E-state index >= 15 is 0 Å². The Morgan fingerprint density at radius 1 is 1.03 bits per heavy atom. The van der Waals surface area contributed by atoms with E-state index in [1.165, 1.54) is 16.4 Å². The van der Waals surface area contributed by atoms with Gasteiger partial charge in [0, 0.05) is 10.6 Å². The zero-order valence-electron chi connectivity index (χ0n) is 16.2. The van der Waals surface area contributed by atoms with Crippen molar-refractivity contribution >= 4 is 39.1 Å². The van der Waals surface area contributed by atoms with Gasteiger partial charge >= 0.3 is 0 Å². The van der Waals surface area contributed by atoms with Crippen LogP contribution in [0.15, 0.2) is 88.7 Å². The molecule has 154 valence electrons. The summed E-state index contributed by atoms with van der Waals surface area (Å²) in [4.78, 5) is 14.1. The Labute approximate surface area is 179 Å². The van der Waals surface area contributed by atoms with Crippen LogP contribution in [0.25, 0.3) is 0 Å². The predicted octanol–water partition coefficient (Wildman–Crippen LogP) is 4.00. The van der Waals surface area contributed by atoms with Crippen LogP contribution < -0.4 is 14.4 Å². The second kappa shape index (κ2) is 8.41. The van der Waals surface area contributed by atoms with Crippen molar-refractivity contribution in [1.29, 1.82) is 0 Å². The van der Waals surface area contributed by atoms with Crippen molar-refractivity contribution in [3.05, 3.63) is 78.9 Å². The SMILES string of the molecule is CSc1cccc(NC(=O)[C@@H]2CN(S(=O)(=O)c3ccccc3)c3ccccc3O2)c1. The van der Waals surface area contributed by atoms with Gasteiger partial charge in [0.1, 0.15) is 5.75 Å². The molecule has 1 amide bonds. The van der Waals surface area contributed by atoms with Crippen LogP contribution in [0.3, 0.4) is 0 Å². The summed E-state index contributed by atoms with van der Waals surface area (Å²) >= 11 is 1.57. The lowest BCUT2D eigenvalue weighted by Gasteiger charge is -2.34. The van der Waals surface area contributed by atoms with Crippen molar-refractivity contribution in [2.75, 3.05) is 22.4 Å². The van der Waals surface area contributed by atoms with Crippen molar-refractivity contribution < 1.29 is 17.9 Å². The molecule has 0 fully saturated rings. The average Bonchev–Trinajstić information content (AvgIpc) is 2.79. The van der Waals surface area contributed by atoms with Crippen LogP contribution in [0, 0.1) is 0 Å². The molecule has 0 bridgehead atoms. The van der Waals surface area contributed by atoms with Crippen molar-refractivity contribution in [3.8, 4) is 5.75 Å². The molecule has 0 aliphatic carbocycles. The Morgan fingerprint density at radius 3 is 2.53 bits per heavy atom. The molecule has 1 heterocycles. The maximum Gasteiger partial charge on any atom is 0.267 e. The lowest BCUT2D eigenvalue weighted by atomic mass is 10.2. The number of amides is 1. The molecule has 1 aliphatic rings. The summed E-state index contributed by atoms with van der Waals surface area (Å²) in [6.07, 6.45) is 0.963. The molecule has 6 nitrogen and oxygen atoms in total. The van der Waals surface area contributed by atoms with Crippen LogP contribution in [0.2, 0.25) is 0 Å². The summed E-state index contributed by atoms with van der Waals surface area (Å²) in [5.74, 6) is -0.0581. The zero-order valence-corrected chi connectivity index (χ0v) is 17.8. The van der Waals surface area contributed by atoms with Gasteiger partial charge in [-0.1, -0.05) is 36.4 Å². The van der Waals surface area contributed by atoms with Gasteiger partial charge in [-0.3, -0.25) is 9.10 Å². The van der Waals surface area contributed by atoms with E-state index < -0.39 is 22.0 Å². The van der Waals surface area contributed by atoms with Crippen molar-refractivity contribution in [3.63, 3.8) is 0 Å². The summed E-state index contributed by atoms with van der Waals surface area (Å²) < 4.78 is 33.7. The number of fused-ring (bicyclic) bond motifs is 1. The summed E-state index contributed by atoms with van der Waals surface area (Å²) in [6, 6.07) is 22.4. The molecule has 4 rings (SSSR count). The van der Waals surface area contributed by atoms with Crippen LogP contribution in [-0.2, 0) is 14.8 Å². The van der Waals surface area contributed by atoms with Gasteiger partial charge in [-0.15, -0.1) is 11.8 Å². The quantitative estimate of drug-likeness (QED) is 0.607. The van der Waals surface area contributed by atoms with Gasteiger partial charge in [-0.25, -0.2) is 8.42 Å². The highest BCUT2D eigenvalue weighted by Crippen LogP contribution is 2.37. The fourth-order valence-corrected chi connectivity index (χ4v) is 5.17. The van der Waals surface area contributed by atoms with E-state index in [0.717, 1.165) is 4.90 Å². The molecule has 1 N–H and O–H groups in total. The monoisotopic (exact) mass is 440 g/mol. The number of nitrogens with zero attached hydrogens (tertiary/aromatic N) is 1. The van der Waals surface area contributed by atoms with E-state index in [1.807, 2.05) is 24.5 Å². The summed E-state index contributed by atoms with van der Waals surface area (Å²) in [7, 11) is -3.86. The van der Waals surface area contributed by atoms with E-state index in [0.29, 0.717) is 17.1 Å². The highest BCUT2D eigenvalue weighted by atomic mass is 32.2. The molecule has 0 saturated heterocycles. The summed E-state index contributed by atoms with van der Waals surface area (Å²) in [5.41, 5.74) is 1.04. The normalized spacial score (nSPS) is 15.8. The second-order valence-corrected chi connectivity index (χ2v) is 9.39. The third-order valence-corrected chi connectivity index (χ3v) is 7.21. The van der Waals surface area contributed by atoms with Crippen LogP contribution in [-0.4, -0.2) is 33.2 Å². The minimum atomic E-state index is -3.86. The summed E-state index contributed by atoms with van der Waals surface area (Å²) in [5, 5.41) is 2.83. The van der Waals surface area contributed by atoms with Gasteiger partial charge in [0.25, 0.3) is 15.9 Å². The average molecular weight is 441 g/mol. The molecule has 0 aromatic heterocycles. The smallest absolute Gasteiger partial charge is 0.267 e. The van der Waals surface area contributed by atoms with Crippen LogP contribution >= 0.6 is 11.8 Å². The topological polar surface area (TPSA) is 75.7 Å². The number of thioether (sulfide) groups is 1. The Morgan fingerprint density at radius 2 is 1.77 bits per heavy atom. The Kier molecular flexibility index (Phi) is 5.69. The minimum Gasteiger partial charge on any atom is -0.476 e. The largest absolute Gasteiger partial charge is 0.476 e. The Hall–Kier alpha value is -2.97. The number of ether oxygens (including phenoxy) is 1. The lowest BCUT2D eigenvalue weighted by Crippen LogP contribution is -2.48. The number of anilines is 2. The molecule has 0 radical (unpaired) electrons. The van der Waals surface area contributed by atoms with E-state index in [1.54, 1.807) is 60.3 Å². The first-order valence-electron chi connectivity index (χ1n) is 9.27. The second-order valence-electron chi connectivity index (χ2n) is 6.64. The van der Waals surface area contributed by atoms with Gasteiger partial charge in [0.2, 0.25) is 0 Å². The number of carbonyl (C=O) groups excluding carboxylic acids is 1. The Bertz CT molecular complexity index is 1170. The maximum absolute atomic E-state index is 13.3. The fraction of sp³-hybridized carbons (Fsp3) is 0.136. The number of hydrogen-bond donors (Lipinski definition) is 1. The number of para-hydroxylation sites is 2. The molecule has 1 aliphatic heterocycles. The van der Waals surface area contributed by atoms with Crippen LogP contribution in [0.1, 0.15) is 0 Å². The van der Waals surface area contributed by atoms with E-state index in [4.69, 9.17) is 4.74 Å².